The van der Waals surface area contributed by atoms with E-state index >= 15 is 0 Å². The average Bonchev–Trinajstić information content (AvgIpc) is 2.48. The van der Waals surface area contributed by atoms with Gasteiger partial charge in [-0.25, -0.2) is 4.79 Å². The van der Waals surface area contributed by atoms with Gasteiger partial charge in [0.2, 0.25) is 0 Å². The SMILES string of the molecule is CC(CN1CCN(C(=O)OC(C)(C)C)CC1)Oc1ccc(Cl)cc1. The summed E-state index contributed by atoms with van der Waals surface area (Å²) in [4.78, 5) is 16.1. The summed E-state index contributed by atoms with van der Waals surface area (Å²) in [7, 11) is 0. The van der Waals surface area contributed by atoms with Gasteiger partial charge in [-0.15, -0.1) is 0 Å². The minimum Gasteiger partial charge on any atom is -0.489 e. The van der Waals surface area contributed by atoms with Gasteiger partial charge in [0, 0.05) is 37.7 Å². The predicted molar refractivity (Wildman–Crippen MR) is 95.8 cm³/mol. The first-order valence-electron chi connectivity index (χ1n) is 8.35. The lowest BCUT2D eigenvalue weighted by Gasteiger charge is -2.36. The van der Waals surface area contributed by atoms with E-state index in [0.717, 1.165) is 25.4 Å². The molecule has 0 aromatic heterocycles. The lowest BCUT2D eigenvalue weighted by Crippen LogP contribution is -2.51. The molecular weight excluding hydrogens is 328 g/mol. The van der Waals surface area contributed by atoms with Gasteiger partial charge in [0.25, 0.3) is 0 Å². The number of nitrogens with zero attached hydrogens (tertiary/aromatic N) is 2. The van der Waals surface area contributed by atoms with E-state index in [1.54, 1.807) is 4.90 Å². The van der Waals surface area contributed by atoms with Gasteiger partial charge >= 0.3 is 6.09 Å². The number of hydrogen-bond acceptors (Lipinski definition) is 4. The van der Waals surface area contributed by atoms with Crippen molar-refractivity contribution in [2.45, 2.75) is 39.4 Å². The Morgan fingerprint density at radius 2 is 1.75 bits per heavy atom. The number of piperazine rings is 1. The summed E-state index contributed by atoms with van der Waals surface area (Å²) < 4.78 is 11.3. The van der Waals surface area contributed by atoms with Gasteiger partial charge in [-0.2, -0.15) is 0 Å². The summed E-state index contributed by atoms with van der Waals surface area (Å²) >= 11 is 5.88. The van der Waals surface area contributed by atoms with E-state index in [0.29, 0.717) is 18.1 Å². The number of rotatable bonds is 4. The second kappa shape index (κ2) is 8.08. The van der Waals surface area contributed by atoms with Gasteiger partial charge in [-0.05, 0) is 52.0 Å². The van der Waals surface area contributed by atoms with E-state index in [1.807, 2.05) is 45.0 Å². The zero-order chi connectivity index (χ0) is 17.7. The van der Waals surface area contributed by atoms with Crippen LogP contribution >= 0.6 is 11.6 Å². The zero-order valence-corrected chi connectivity index (χ0v) is 15.7. The first-order chi connectivity index (χ1) is 11.2. The van der Waals surface area contributed by atoms with Crippen LogP contribution in [-0.4, -0.2) is 60.3 Å². The zero-order valence-electron chi connectivity index (χ0n) is 14.9. The standard InChI is InChI=1S/C18H27ClN2O3/c1-14(23-16-7-5-15(19)6-8-16)13-20-9-11-21(12-10-20)17(22)24-18(2,3)4/h5-8,14H,9-13H2,1-4H3. The molecule has 1 aromatic rings. The van der Waals surface area contributed by atoms with Crippen molar-refractivity contribution in [3.8, 4) is 5.75 Å². The average molecular weight is 355 g/mol. The van der Waals surface area contributed by atoms with Crippen LogP contribution in [-0.2, 0) is 4.74 Å². The Bertz CT molecular complexity index is 534. The second-order valence-electron chi connectivity index (χ2n) is 7.15. The summed E-state index contributed by atoms with van der Waals surface area (Å²) in [5, 5.41) is 0.702. The van der Waals surface area contributed by atoms with Gasteiger partial charge < -0.3 is 14.4 Å². The number of benzene rings is 1. The van der Waals surface area contributed by atoms with E-state index in [1.165, 1.54) is 0 Å². The molecule has 134 valence electrons. The van der Waals surface area contributed by atoms with Gasteiger partial charge in [-0.3, -0.25) is 4.90 Å². The van der Waals surface area contributed by atoms with Gasteiger partial charge in [0.05, 0.1) is 0 Å². The first-order valence-corrected chi connectivity index (χ1v) is 8.73. The van der Waals surface area contributed by atoms with Crippen molar-refractivity contribution in [3.63, 3.8) is 0 Å². The summed E-state index contributed by atoms with van der Waals surface area (Å²) in [5.41, 5.74) is -0.449. The number of hydrogen-bond donors (Lipinski definition) is 0. The summed E-state index contributed by atoms with van der Waals surface area (Å²) in [6, 6.07) is 7.39. The fourth-order valence-electron chi connectivity index (χ4n) is 2.59. The van der Waals surface area contributed by atoms with Crippen LogP contribution in [0.3, 0.4) is 0 Å². The van der Waals surface area contributed by atoms with Crippen LogP contribution in [0.4, 0.5) is 4.79 Å². The Morgan fingerprint density at radius 3 is 2.29 bits per heavy atom. The minimum absolute atomic E-state index is 0.0688. The quantitative estimate of drug-likeness (QED) is 0.827. The molecule has 0 N–H and O–H groups in total. The molecular formula is C18H27ClN2O3. The van der Waals surface area contributed by atoms with E-state index in [2.05, 4.69) is 11.8 Å². The molecule has 1 fully saturated rings. The topological polar surface area (TPSA) is 42.0 Å². The molecule has 0 saturated carbocycles. The maximum absolute atomic E-state index is 12.1. The van der Waals surface area contributed by atoms with Crippen molar-refractivity contribution >= 4 is 17.7 Å². The predicted octanol–water partition coefficient (Wildman–Crippen LogP) is 3.66. The summed E-state index contributed by atoms with van der Waals surface area (Å²) in [6.45, 7) is 11.6. The van der Waals surface area contributed by atoms with Gasteiger partial charge in [0.1, 0.15) is 17.5 Å². The highest BCUT2D eigenvalue weighted by Gasteiger charge is 2.26. The van der Waals surface area contributed by atoms with Crippen LogP contribution in [0.25, 0.3) is 0 Å². The van der Waals surface area contributed by atoms with Gasteiger partial charge in [0.15, 0.2) is 0 Å². The van der Waals surface area contributed by atoms with E-state index in [4.69, 9.17) is 21.1 Å². The maximum atomic E-state index is 12.1. The van der Waals surface area contributed by atoms with Crippen molar-refractivity contribution in [3.05, 3.63) is 29.3 Å². The third-order valence-corrected chi connectivity index (χ3v) is 3.94. The first kappa shape index (κ1) is 18.9. The van der Waals surface area contributed by atoms with E-state index in [9.17, 15) is 4.79 Å². The van der Waals surface area contributed by atoms with Gasteiger partial charge in [-0.1, -0.05) is 11.6 Å². The smallest absolute Gasteiger partial charge is 0.410 e. The molecule has 1 amide bonds. The molecule has 0 spiro atoms. The van der Waals surface area contributed by atoms with Crippen LogP contribution in [0.5, 0.6) is 5.75 Å². The van der Waals surface area contributed by atoms with Crippen LogP contribution in [0.15, 0.2) is 24.3 Å². The van der Waals surface area contributed by atoms with E-state index < -0.39 is 5.60 Å². The van der Waals surface area contributed by atoms with Crippen molar-refractivity contribution in [1.29, 1.82) is 0 Å². The number of carbonyl (C=O) groups is 1. The highest BCUT2D eigenvalue weighted by atomic mass is 35.5. The van der Waals surface area contributed by atoms with Crippen molar-refractivity contribution in [2.24, 2.45) is 0 Å². The lowest BCUT2D eigenvalue weighted by molar-refractivity contribution is 0.0118. The molecule has 1 atom stereocenters. The fraction of sp³-hybridized carbons (Fsp3) is 0.611. The number of ether oxygens (including phenoxy) is 2. The third kappa shape index (κ3) is 6.21. The Balaban J connectivity index is 1.74. The van der Waals surface area contributed by atoms with Crippen molar-refractivity contribution in [1.82, 2.24) is 9.80 Å². The maximum Gasteiger partial charge on any atom is 0.410 e. The number of halogens is 1. The van der Waals surface area contributed by atoms with E-state index in [-0.39, 0.29) is 12.2 Å². The third-order valence-electron chi connectivity index (χ3n) is 3.69. The fourth-order valence-corrected chi connectivity index (χ4v) is 2.71. The summed E-state index contributed by atoms with van der Waals surface area (Å²) in [5.74, 6) is 0.819. The molecule has 1 heterocycles. The molecule has 1 unspecified atom stereocenters. The molecule has 1 aliphatic heterocycles. The second-order valence-corrected chi connectivity index (χ2v) is 7.59. The molecule has 0 radical (unpaired) electrons. The molecule has 1 saturated heterocycles. The van der Waals surface area contributed by atoms with Crippen LogP contribution in [0.1, 0.15) is 27.7 Å². The highest BCUT2D eigenvalue weighted by Crippen LogP contribution is 2.17. The van der Waals surface area contributed by atoms with Crippen molar-refractivity contribution in [2.75, 3.05) is 32.7 Å². The lowest BCUT2D eigenvalue weighted by atomic mass is 10.2. The Hall–Kier alpha value is -1.46. The molecule has 0 bridgehead atoms. The molecule has 6 heteroatoms. The van der Waals surface area contributed by atoms with Crippen LogP contribution < -0.4 is 4.74 Å². The molecule has 0 aliphatic carbocycles. The molecule has 2 rings (SSSR count). The monoisotopic (exact) mass is 354 g/mol. The highest BCUT2D eigenvalue weighted by molar-refractivity contribution is 6.30. The normalized spacial score (nSPS) is 17.5. The molecule has 5 nitrogen and oxygen atoms in total. The Labute approximate surface area is 149 Å². The largest absolute Gasteiger partial charge is 0.489 e. The Kier molecular flexibility index (Phi) is 6.35. The number of carbonyl (C=O) groups excluding carboxylic acids is 1. The molecule has 24 heavy (non-hydrogen) atoms. The molecule has 1 aromatic carbocycles. The van der Waals surface area contributed by atoms with Crippen molar-refractivity contribution < 1.29 is 14.3 Å². The Morgan fingerprint density at radius 1 is 1.17 bits per heavy atom. The number of amides is 1. The molecule has 1 aliphatic rings. The van der Waals surface area contributed by atoms with Crippen LogP contribution in [0.2, 0.25) is 5.02 Å². The summed E-state index contributed by atoms with van der Waals surface area (Å²) in [6.07, 6.45) is -0.160. The van der Waals surface area contributed by atoms with Crippen LogP contribution in [0, 0.1) is 0 Å². The minimum atomic E-state index is -0.449.